The molecule has 0 aliphatic carbocycles. The molecule has 11 nitrogen and oxygen atoms in total. The number of ether oxygens (including phenoxy) is 2. The zero-order valence-corrected chi connectivity index (χ0v) is 35.8. The Kier molecular flexibility index (Phi) is 18.7. The Bertz CT molecular complexity index is 2170. The first-order chi connectivity index (χ1) is 26.7. The SMILES string of the molecule is CC1Cc2ccc(Cl)cc2N1.CCOC(=O)/C=C/c1c(C)[nH]c2cc(Cl)ccc12.CCOC(=O)CP(=O)(OCC)OCC.Cc1[nH]c2cc(Cl)ccc2c1C=O. The number of halogens is 3. The molecule has 3 aromatic carbocycles. The van der Waals surface area contributed by atoms with Gasteiger partial charge < -0.3 is 33.8 Å². The van der Waals surface area contributed by atoms with Crippen LogP contribution in [0.15, 0.2) is 60.7 Å². The van der Waals surface area contributed by atoms with Crippen LogP contribution in [0.1, 0.15) is 67.5 Å². The Labute approximate surface area is 342 Å². The first-order valence-electron chi connectivity index (χ1n) is 18.1. The molecule has 1 unspecified atom stereocenters. The van der Waals surface area contributed by atoms with Gasteiger partial charge in [0.05, 0.1) is 26.4 Å². The number of carbonyl (C=O) groups excluding carboxylic acids is 3. The van der Waals surface area contributed by atoms with Crippen LogP contribution in [0.2, 0.25) is 15.1 Å². The zero-order chi connectivity index (χ0) is 41.4. The lowest BCUT2D eigenvalue weighted by Crippen LogP contribution is -2.12. The summed E-state index contributed by atoms with van der Waals surface area (Å²) in [6, 6.07) is 17.7. The van der Waals surface area contributed by atoms with E-state index >= 15 is 0 Å². The van der Waals surface area contributed by atoms with E-state index in [0.29, 0.717) is 28.3 Å². The molecule has 56 heavy (non-hydrogen) atoms. The molecule has 1 aliphatic rings. The number of fused-ring (bicyclic) bond motifs is 3. The summed E-state index contributed by atoms with van der Waals surface area (Å²) in [7, 11) is -3.28. The van der Waals surface area contributed by atoms with Crippen LogP contribution < -0.4 is 5.32 Å². The van der Waals surface area contributed by atoms with E-state index in [1.807, 2.05) is 56.3 Å². The van der Waals surface area contributed by atoms with Gasteiger partial charge in [-0.25, -0.2) is 4.79 Å². The number of hydrogen-bond donors (Lipinski definition) is 3. The molecule has 3 N–H and O–H groups in total. The number of rotatable bonds is 11. The first kappa shape index (κ1) is 46.3. The van der Waals surface area contributed by atoms with Crippen LogP contribution in [-0.2, 0) is 39.1 Å². The van der Waals surface area contributed by atoms with Crippen molar-refractivity contribution in [2.75, 3.05) is 37.9 Å². The minimum absolute atomic E-state index is 0.247. The van der Waals surface area contributed by atoms with E-state index < -0.39 is 13.6 Å². The summed E-state index contributed by atoms with van der Waals surface area (Å²) in [6.45, 7) is 14.0. The fraction of sp³-hybridized carbons (Fsp3) is 0.341. The van der Waals surface area contributed by atoms with Gasteiger partial charge in [0, 0.05) is 77.2 Å². The summed E-state index contributed by atoms with van der Waals surface area (Å²) in [4.78, 5) is 39.4. The molecule has 302 valence electrons. The van der Waals surface area contributed by atoms with E-state index in [1.54, 1.807) is 39.8 Å². The van der Waals surface area contributed by atoms with Gasteiger partial charge >= 0.3 is 19.5 Å². The van der Waals surface area contributed by atoms with Gasteiger partial charge in [-0.3, -0.25) is 14.2 Å². The number of esters is 2. The fourth-order valence-corrected chi connectivity index (χ4v) is 7.72. The minimum atomic E-state index is -3.28. The molecular formula is C41H49Cl3N3O8P. The standard InChI is InChI=1S/C14H14ClNO2.C10H8ClNO.C9H10ClN.C8H17O5P/c1-3-18-14(17)7-6-11-9(2)16-13-8-10(15)4-5-12(11)13;1-6-9(5-13)8-3-2-7(11)4-10(8)12-6;1-6-4-7-2-3-8(10)5-9(7)11-6;1-4-11-8(9)7-14(10,12-5-2)13-6-3/h4-8,16H,3H2,1-2H3;2-5,12H,1H3;2-3,5-6,11H,4H2,1H3;4-7H2,1-3H3/b7-6+;;;. The lowest BCUT2D eigenvalue weighted by atomic mass is 10.1. The van der Waals surface area contributed by atoms with Crippen LogP contribution in [-0.4, -0.2) is 66.8 Å². The van der Waals surface area contributed by atoms with Gasteiger partial charge in [0.25, 0.3) is 0 Å². The van der Waals surface area contributed by atoms with Crippen LogP contribution in [0.3, 0.4) is 0 Å². The van der Waals surface area contributed by atoms with E-state index in [2.05, 4.69) is 33.0 Å². The van der Waals surface area contributed by atoms with Crippen molar-refractivity contribution in [1.29, 1.82) is 0 Å². The van der Waals surface area contributed by atoms with Gasteiger partial charge in [-0.05, 0) is 103 Å². The summed E-state index contributed by atoms with van der Waals surface area (Å²) in [6.07, 6.45) is 4.87. The topological polar surface area (TPSA) is 149 Å². The molecule has 15 heteroatoms. The van der Waals surface area contributed by atoms with E-state index in [0.717, 1.165) is 56.5 Å². The smallest absolute Gasteiger partial charge is 0.341 e. The molecule has 6 rings (SSSR count). The lowest BCUT2D eigenvalue weighted by Gasteiger charge is -2.15. The maximum Gasteiger partial charge on any atom is 0.341 e. The van der Waals surface area contributed by atoms with E-state index in [9.17, 15) is 18.9 Å². The third kappa shape index (κ3) is 13.8. The molecule has 0 radical (unpaired) electrons. The van der Waals surface area contributed by atoms with Crippen molar-refractivity contribution in [2.45, 2.75) is 60.9 Å². The Morgan fingerprint density at radius 3 is 1.82 bits per heavy atom. The Morgan fingerprint density at radius 2 is 1.29 bits per heavy atom. The molecule has 0 fully saturated rings. The largest absolute Gasteiger partial charge is 0.466 e. The molecule has 1 aliphatic heterocycles. The Morgan fingerprint density at radius 1 is 0.768 bits per heavy atom. The summed E-state index contributed by atoms with van der Waals surface area (Å²) >= 11 is 17.6. The highest BCUT2D eigenvalue weighted by atomic mass is 35.5. The highest BCUT2D eigenvalue weighted by molar-refractivity contribution is 7.54. The maximum atomic E-state index is 11.8. The van der Waals surface area contributed by atoms with Gasteiger partial charge in [-0.2, -0.15) is 0 Å². The Balaban J connectivity index is 0.000000203. The number of H-pyrrole nitrogens is 2. The normalized spacial score (nSPS) is 13.1. The molecular weight excluding hydrogens is 800 g/mol. The Hall–Kier alpha value is -4.09. The predicted octanol–water partition coefficient (Wildman–Crippen LogP) is 11.2. The van der Waals surface area contributed by atoms with Gasteiger partial charge in [0.1, 0.15) is 6.16 Å². The van der Waals surface area contributed by atoms with E-state index in [4.69, 9.17) is 48.6 Å². The monoisotopic (exact) mass is 847 g/mol. The predicted molar refractivity (Wildman–Crippen MR) is 228 cm³/mol. The van der Waals surface area contributed by atoms with Crippen molar-refractivity contribution in [3.63, 3.8) is 0 Å². The maximum absolute atomic E-state index is 11.8. The summed E-state index contributed by atoms with van der Waals surface area (Å²) in [5.74, 6) is -0.891. The average molecular weight is 849 g/mol. The third-order valence-corrected chi connectivity index (χ3v) is 10.7. The van der Waals surface area contributed by atoms with Gasteiger partial charge in [-0.1, -0.05) is 53.0 Å². The van der Waals surface area contributed by atoms with Crippen molar-refractivity contribution in [3.05, 3.63) is 104 Å². The molecule has 5 aromatic rings. The summed E-state index contributed by atoms with van der Waals surface area (Å²) in [5.41, 5.74) is 8.02. The van der Waals surface area contributed by atoms with Crippen LogP contribution >= 0.6 is 42.4 Å². The number of aromatic amines is 2. The molecule has 0 saturated heterocycles. The van der Waals surface area contributed by atoms with Crippen LogP contribution in [0.25, 0.3) is 27.9 Å². The summed E-state index contributed by atoms with van der Waals surface area (Å²) in [5, 5.41) is 7.49. The second-order valence-corrected chi connectivity index (χ2v) is 15.7. The van der Waals surface area contributed by atoms with E-state index in [-0.39, 0.29) is 32.0 Å². The molecule has 0 amide bonds. The molecule has 0 spiro atoms. The number of aldehydes is 1. The van der Waals surface area contributed by atoms with Crippen molar-refractivity contribution >= 4 is 94.2 Å². The highest BCUT2D eigenvalue weighted by Gasteiger charge is 2.28. The first-order valence-corrected chi connectivity index (χ1v) is 21.0. The molecule has 0 bridgehead atoms. The number of aromatic nitrogens is 2. The summed E-state index contributed by atoms with van der Waals surface area (Å²) < 4.78 is 31.1. The second-order valence-electron chi connectivity index (χ2n) is 12.4. The molecule has 0 saturated carbocycles. The average Bonchev–Trinajstić information content (AvgIpc) is 3.77. The highest BCUT2D eigenvalue weighted by Crippen LogP contribution is 2.47. The molecule has 3 heterocycles. The van der Waals surface area contributed by atoms with Crippen molar-refractivity contribution in [3.8, 4) is 0 Å². The number of nitrogens with one attached hydrogen (secondary N) is 3. The number of carbonyl (C=O) groups is 3. The van der Waals surface area contributed by atoms with Crippen LogP contribution in [0, 0.1) is 13.8 Å². The molecule has 2 aromatic heterocycles. The van der Waals surface area contributed by atoms with Crippen LogP contribution in [0.5, 0.6) is 0 Å². The number of benzene rings is 3. The van der Waals surface area contributed by atoms with Crippen molar-refractivity contribution < 1.29 is 37.5 Å². The number of anilines is 1. The fourth-order valence-electron chi connectivity index (χ4n) is 5.75. The zero-order valence-electron chi connectivity index (χ0n) is 32.6. The molecule has 1 atom stereocenters. The van der Waals surface area contributed by atoms with Gasteiger partial charge in [-0.15, -0.1) is 0 Å². The lowest BCUT2D eigenvalue weighted by molar-refractivity contribution is -0.140. The second kappa shape index (κ2) is 22.6. The van der Waals surface area contributed by atoms with Crippen molar-refractivity contribution in [2.24, 2.45) is 0 Å². The van der Waals surface area contributed by atoms with Gasteiger partial charge in [0.2, 0.25) is 0 Å². The van der Waals surface area contributed by atoms with E-state index in [1.165, 1.54) is 17.3 Å². The van der Waals surface area contributed by atoms with Crippen LogP contribution in [0.4, 0.5) is 5.69 Å². The quantitative estimate of drug-likeness (QED) is 0.0511. The third-order valence-electron chi connectivity index (χ3n) is 8.07. The number of hydrogen-bond acceptors (Lipinski definition) is 9. The minimum Gasteiger partial charge on any atom is -0.466 e. The van der Waals surface area contributed by atoms with Gasteiger partial charge in [0.15, 0.2) is 6.29 Å². The van der Waals surface area contributed by atoms with Crippen molar-refractivity contribution in [1.82, 2.24) is 9.97 Å². The number of aryl methyl sites for hydroxylation is 2.